The van der Waals surface area contributed by atoms with Crippen molar-refractivity contribution < 1.29 is 0 Å². The van der Waals surface area contributed by atoms with Crippen molar-refractivity contribution in [1.82, 2.24) is 10.2 Å². The topological polar surface area (TPSA) is 25.8 Å². The molecule has 0 atom stereocenters. The molecule has 0 spiro atoms. The van der Waals surface area contributed by atoms with Gasteiger partial charge in [0, 0.05) is 0 Å². The van der Waals surface area contributed by atoms with Crippen LogP contribution in [-0.2, 0) is 0 Å². The molecule has 76 valence electrons. The molecule has 14 heavy (non-hydrogen) atoms. The first-order chi connectivity index (χ1) is 6.77. The Labute approximate surface area is 93.3 Å². The Morgan fingerprint density at radius 2 is 1.93 bits per heavy atom. The molecule has 3 heteroatoms. The largest absolute Gasteiger partial charge is 0.155 e. The van der Waals surface area contributed by atoms with Crippen molar-refractivity contribution in [3.05, 3.63) is 21.9 Å². The molecule has 0 saturated heterocycles. The quantitative estimate of drug-likeness (QED) is 0.766. The summed E-state index contributed by atoms with van der Waals surface area (Å²) in [6.07, 6.45) is 6.77. The Hall–Kier alpha value is -0.440. The minimum Gasteiger partial charge on any atom is -0.155 e. The van der Waals surface area contributed by atoms with E-state index in [1.807, 2.05) is 0 Å². The number of halogens is 1. The van der Waals surface area contributed by atoms with Gasteiger partial charge < -0.3 is 0 Å². The van der Waals surface area contributed by atoms with Gasteiger partial charge in [0.05, 0.1) is 5.69 Å². The highest BCUT2D eigenvalue weighted by Gasteiger charge is 2.18. The first kappa shape index (κ1) is 10.1. The molecule has 1 heterocycles. The Morgan fingerprint density at radius 3 is 2.64 bits per heavy atom. The maximum atomic E-state index is 4.16. The highest BCUT2D eigenvalue weighted by molar-refractivity contribution is 9.10. The van der Waals surface area contributed by atoms with Gasteiger partial charge in [0.1, 0.15) is 4.60 Å². The van der Waals surface area contributed by atoms with Gasteiger partial charge in [0.15, 0.2) is 0 Å². The van der Waals surface area contributed by atoms with E-state index in [0.717, 1.165) is 16.2 Å². The predicted octanol–water partition coefficient (Wildman–Crippen LogP) is 3.60. The van der Waals surface area contributed by atoms with Crippen LogP contribution < -0.4 is 0 Å². The van der Waals surface area contributed by atoms with Gasteiger partial charge in [-0.3, -0.25) is 0 Å². The first-order valence-electron chi connectivity index (χ1n) is 5.27. The monoisotopic (exact) mass is 254 g/mol. The lowest BCUT2D eigenvalue weighted by Gasteiger charge is -2.22. The Morgan fingerprint density at radius 1 is 1.21 bits per heavy atom. The van der Waals surface area contributed by atoms with Crippen LogP contribution >= 0.6 is 15.9 Å². The lowest BCUT2D eigenvalue weighted by Crippen LogP contribution is -2.07. The number of aryl methyl sites for hydroxylation is 1. The molecule has 0 radical (unpaired) electrons. The maximum absolute atomic E-state index is 4.16. The van der Waals surface area contributed by atoms with Crippen LogP contribution in [0.2, 0.25) is 0 Å². The summed E-state index contributed by atoms with van der Waals surface area (Å²) in [5.41, 5.74) is 2.49. The van der Waals surface area contributed by atoms with Crippen molar-refractivity contribution in [2.75, 3.05) is 0 Å². The number of rotatable bonds is 1. The van der Waals surface area contributed by atoms with Gasteiger partial charge in [-0.2, -0.15) is 5.10 Å². The smallest absolute Gasteiger partial charge is 0.129 e. The molecule has 0 aromatic carbocycles. The van der Waals surface area contributed by atoms with Crippen LogP contribution in [0.15, 0.2) is 10.7 Å². The molecule has 0 unspecified atom stereocenters. The minimum atomic E-state index is 0.718. The van der Waals surface area contributed by atoms with Crippen LogP contribution in [0.1, 0.15) is 49.3 Å². The first-order valence-corrected chi connectivity index (χ1v) is 6.06. The van der Waals surface area contributed by atoms with Gasteiger partial charge in [0.25, 0.3) is 0 Å². The van der Waals surface area contributed by atoms with Crippen molar-refractivity contribution in [3.63, 3.8) is 0 Å². The van der Waals surface area contributed by atoms with Crippen molar-refractivity contribution in [2.24, 2.45) is 0 Å². The summed E-state index contributed by atoms with van der Waals surface area (Å²) < 4.78 is 0.865. The summed E-state index contributed by atoms with van der Waals surface area (Å²) in [5.74, 6) is 0.718. The summed E-state index contributed by atoms with van der Waals surface area (Å²) in [7, 11) is 0. The summed E-state index contributed by atoms with van der Waals surface area (Å²) in [5, 5.41) is 8.16. The third-order valence-corrected chi connectivity index (χ3v) is 3.42. The second kappa shape index (κ2) is 4.39. The standard InChI is InChI=1S/C11H15BrN2/c1-8-10(7-11(12)14-13-8)9-5-3-2-4-6-9/h7,9H,2-6H2,1H3. The molecule has 2 rings (SSSR count). The molecule has 1 aliphatic rings. The minimum absolute atomic E-state index is 0.718. The van der Waals surface area contributed by atoms with Crippen molar-refractivity contribution >= 4 is 15.9 Å². The van der Waals surface area contributed by atoms with E-state index in [1.54, 1.807) is 0 Å². The summed E-state index contributed by atoms with van der Waals surface area (Å²) in [6, 6.07) is 2.14. The van der Waals surface area contributed by atoms with Gasteiger partial charge >= 0.3 is 0 Å². The second-order valence-electron chi connectivity index (χ2n) is 4.04. The van der Waals surface area contributed by atoms with Crippen molar-refractivity contribution in [2.45, 2.75) is 44.9 Å². The van der Waals surface area contributed by atoms with Crippen LogP contribution in [0.5, 0.6) is 0 Å². The van der Waals surface area contributed by atoms with Crippen LogP contribution in [0, 0.1) is 6.92 Å². The third kappa shape index (κ3) is 2.14. The molecule has 1 aromatic rings. The molecule has 0 aliphatic heterocycles. The van der Waals surface area contributed by atoms with Gasteiger partial charge in [0.2, 0.25) is 0 Å². The molecule has 1 aliphatic carbocycles. The van der Waals surface area contributed by atoms with Crippen LogP contribution in [0.4, 0.5) is 0 Å². The molecule has 0 N–H and O–H groups in total. The maximum Gasteiger partial charge on any atom is 0.129 e. The Kier molecular flexibility index (Phi) is 3.16. The predicted molar refractivity (Wildman–Crippen MR) is 60.3 cm³/mol. The van der Waals surface area contributed by atoms with E-state index >= 15 is 0 Å². The zero-order valence-electron chi connectivity index (χ0n) is 8.46. The number of aromatic nitrogens is 2. The SMILES string of the molecule is Cc1nnc(Br)cc1C1CCCCC1. The highest BCUT2D eigenvalue weighted by atomic mass is 79.9. The van der Waals surface area contributed by atoms with Crippen molar-refractivity contribution in [3.8, 4) is 0 Å². The van der Waals surface area contributed by atoms with Crippen LogP contribution in [0.25, 0.3) is 0 Å². The number of hydrogen-bond acceptors (Lipinski definition) is 2. The lowest BCUT2D eigenvalue weighted by atomic mass is 9.84. The number of nitrogens with zero attached hydrogens (tertiary/aromatic N) is 2. The molecule has 1 saturated carbocycles. The zero-order valence-corrected chi connectivity index (χ0v) is 10.0. The van der Waals surface area contributed by atoms with Gasteiger partial charge in [-0.25, -0.2) is 0 Å². The Bertz CT molecular complexity index is 319. The van der Waals surface area contributed by atoms with E-state index in [0.29, 0.717) is 0 Å². The highest BCUT2D eigenvalue weighted by Crippen LogP contribution is 2.34. The molecular formula is C11H15BrN2. The normalized spacial score (nSPS) is 18.4. The molecule has 0 amide bonds. The fourth-order valence-corrected chi connectivity index (χ4v) is 2.59. The van der Waals surface area contributed by atoms with Gasteiger partial charge in [-0.1, -0.05) is 19.3 Å². The van der Waals surface area contributed by atoms with Crippen molar-refractivity contribution in [1.29, 1.82) is 0 Å². The number of hydrogen-bond donors (Lipinski definition) is 0. The molecule has 2 nitrogen and oxygen atoms in total. The lowest BCUT2D eigenvalue weighted by molar-refractivity contribution is 0.440. The van der Waals surface area contributed by atoms with E-state index in [4.69, 9.17) is 0 Å². The van der Waals surface area contributed by atoms with Crippen LogP contribution in [0.3, 0.4) is 0 Å². The molecular weight excluding hydrogens is 240 g/mol. The zero-order chi connectivity index (χ0) is 9.97. The summed E-state index contributed by atoms with van der Waals surface area (Å²) >= 11 is 3.39. The molecule has 1 fully saturated rings. The Balaban J connectivity index is 2.24. The third-order valence-electron chi connectivity index (χ3n) is 3.03. The van der Waals surface area contributed by atoms with Gasteiger partial charge in [-0.15, -0.1) is 5.10 Å². The molecule has 1 aromatic heterocycles. The fourth-order valence-electron chi connectivity index (χ4n) is 2.27. The summed E-state index contributed by atoms with van der Waals surface area (Å²) in [6.45, 7) is 2.06. The van der Waals surface area contributed by atoms with E-state index < -0.39 is 0 Å². The van der Waals surface area contributed by atoms with E-state index in [-0.39, 0.29) is 0 Å². The van der Waals surface area contributed by atoms with Crippen LogP contribution in [-0.4, -0.2) is 10.2 Å². The van der Waals surface area contributed by atoms with E-state index in [2.05, 4.69) is 39.1 Å². The summed E-state index contributed by atoms with van der Waals surface area (Å²) in [4.78, 5) is 0. The van der Waals surface area contributed by atoms with Gasteiger partial charge in [-0.05, 0) is 53.2 Å². The van der Waals surface area contributed by atoms with E-state index in [1.165, 1.54) is 37.7 Å². The second-order valence-corrected chi connectivity index (χ2v) is 4.86. The average molecular weight is 255 g/mol. The van der Waals surface area contributed by atoms with E-state index in [9.17, 15) is 0 Å². The fraction of sp³-hybridized carbons (Fsp3) is 0.636. The molecule has 0 bridgehead atoms. The average Bonchev–Trinajstić information content (AvgIpc) is 2.23.